The molecule has 160 valence electrons. The van der Waals surface area contributed by atoms with Gasteiger partial charge in [0.05, 0.1) is 26.4 Å². The number of fused-ring (bicyclic) bond motifs is 1. The van der Waals surface area contributed by atoms with Gasteiger partial charge in [0.15, 0.2) is 5.65 Å². The molecule has 1 aromatic carbocycles. The molecular formula is C20H20BrN7O3. The molecule has 1 N–H and O–H groups in total. The van der Waals surface area contributed by atoms with Crippen molar-refractivity contribution in [3.8, 4) is 5.88 Å². The molecule has 0 fully saturated rings. The van der Waals surface area contributed by atoms with Crippen molar-refractivity contribution < 1.29 is 9.53 Å². The van der Waals surface area contributed by atoms with Crippen molar-refractivity contribution in [3.05, 3.63) is 68.9 Å². The van der Waals surface area contributed by atoms with Crippen molar-refractivity contribution in [2.75, 3.05) is 13.7 Å². The number of aromatic nitrogens is 6. The summed E-state index contributed by atoms with van der Waals surface area (Å²) in [5.41, 5.74) is 1.66. The number of rotatable bonds is 7. The van der Waals surface area contributed by atoms with E-state index in [2.05, 4.69) is 36.4 Å². The van der Waals surface area contributed by atoms with Gasteiger partial charge in [-0.15, -0.1) is 5.10 Å². The highest BCUT2D eigenvalue weighted by Gasteiger charge is 2.16. The summed E-state index contributed by atoms with van der Waals surface area (Å²) >= 11 is 3.40. The van der Waals surface area contributed by atoms with Gasteiger partial charge < -0.3 is 10.1 Å². The van der Waals surface area contributed by atoms with E-state index >= 15 is 0 Å². The first kappa shape index (κ1) is 20.8. The van der Waals surface area contributed by atoms with Crippen LogP contribution in [0.3, 0.4) is 0 Å². The van der Waals surface area contributed by atoms with Gasteiger partial charge in [0, 0.05) is 24.3 Å². The summed E-state index contributed by atoms with van der Waals surface area (Å²) in [5.74, 6) is -0.0382. The van der Waals surface area contributed by atoms with Crippen molar-refractivity contribution in [2.24, 2.45) is 7.05 Å². The van der Waals surface area contributed by atoms with Gasteiger partial charge in [0.25, 0.3) is 11.5 Å². The molecule has 3 aromatic heterocycles. The zero-order chi connectivity index (χ0) is 22.0. The van der Waals surface area contributed by atoms with Crippen LogP contribution in [0.25, 0.3) is 11.0 Å². The molecule has 0 unspecified atom stereocenters. The van der Waals surface area contributed by atoms with Crippen LogP contribution in [-0.4, -0.2) is 48.7 Å². The van der Waals surface area contributed by atoms with Crippen LogP contribution in [0.4, 0.5) is 0 Å². The predicted molar refractivity (Wildman–Crippen MR) is 117 cm³/mol. The molecule has 4 aromatic rings. The van der Waals surface area contributed by atoms with E-state index in [9.17, 15) is 9.59 Å². The molecule has 0 spiro atoms. The standard InChI is InChI=1S/C20H20BrN7O3/c1-26-11-16(19(25-26)31-2)18(29)22-7-8-28-17-15(9-24-28)20(30)27(12-23-17)10-13-3-5-14(21)6-4-13/h3-6,9,11-12H,7-8,10H2,1-2H3,(H,22,29). The fourth-order valence-electron chi connectivity index (χ4n) is 3.21. The highest BCUT2D eigenvalue weighted by atomic mass is 79.9. The van der Waals surface area contributed by atoms with Gasteiger partial charge in [-0.3, -0.25) is 18.8 Å². The Morgan fingerprint density at radius 2 is 2.03 bits per heavy atom. The largest absolute Gasteiger partial charge is 0.479 e. The van der Waals surface area contributed by atoms with E-state index in [1.807, 2.05) is 24.3 Å². The SMILES string of the molecule is COc1nn(C)cc1C(=O)NCCn1ncc2c(=O)n(Cc3ccc(Br)cc3)cnc21. The molecule has 0 saturated carbocycles. The third-order valence-corrected chi connectivity index (χ3v) is 5.26. The summed E-state index contributed by atoms with van der Waals surface area (Å²) < 4.78 is 10.7. The molecule has 10 nitrogen and oxygen atoms in total. The van der Waals surface area contributed by atoms with Crippen LogP contribution in [0.1, 0.15) is 15.9 Å². The number of carbonyl (C=O) groups excluding carboxylic acids is 1. The minimum absolute atomic E-state index is 0.164. The van der Waals surface area contributed by atoms with Gasteiger partial charge in [-0.1, -0.05) is 28.1 Å². The molecule has 0 radical (unpaired) electrons. The minimum Gasteiger partial charge on any atom is -0.479 e. The summed E-state index contributed by atoms with van der Waals surface area (Å²) in [5, 5.41) is 11.6. The van der Waals surface area contributed by atoms with Crippen LogP contribution in [0.2, 0.25) is 0 Å². The Hall–Kier alpha value is -3.47. The van der Waals surface area contributed by atoms with Gasteiger partial charge in [-0.05, 0) is 17.7 Å². The monoisotopic (exact) mass is 485 g/mol. The summed E-state index contributed by atoms with van der Waals surface area (Å²) in [4.78, 5) is 29.6. The molecule has 11 heteroatoms. The molecule has 1 amide bonds. The average Bonchev–Trinajstić information content (AvgIpc) is 3.35. The number of methoxy groups -OCH3 is 1. The molecule has 0 aliphatic rings. The van der Waals surface area contributed by atoms with E-state index in [1.165, 1.54) is 24.3 Å². The lowest BCUT2D eigenvalue weighted by molar-refractivity contribution is 0.0949. The van der Waals surface area contributed by atoms with E-state index in [0.29, 0.717) is 36.2 Å². The topological polar surface area (TPSA) is 109 Å². The van der Waals surface area contributed by atoms with Crippen molar-refractivity contribution >= 4 is 32.9 Å². The predicted octanol–water partition coefficient (Wildman–Crippen LogP) is 1.58. The van der Waals surface area contributed by atoms with Crippen LogP contribution < -0.4 is 15.6 Å². The Kier molecular flexibility index (Phi) is 5.85. The lowest BCUT2D eigenvalue weighted by Gasteiger charge is -2.07. The van der Waals surface area contributed by atoms with Crippen LogP contribution >= 0.6 is 15.9 Å². The normalized spacial score (nSPS) is 11.1. The molecule has 0 atom stereocenters. The first-order chi connectivity index (χ1) is 15.0. The van der Waals surface area contributed by atoms with E-state index in [1.54, 1.807) is 22.5 Å². The zero-order valence-corrected chi connectivity index (χ0v) is 18.5. The molecule has 3 heterocycles. The maximum atomic E-state index is 12.8. The number of benzene rings is 1. The molecule has 0 bridgehead atoms. The van der Waals surface area contributed by atoms with E-state index in [-0.39, 0.29) is 17.3 Å². The Labute approximate surface area is 185 Å². The number of hydrogen-bond donors (Lipinski definition) is 1. The second-order valence-electron chi connectivity index (χ2n) is 6.89. The number of hydrogen-bond acceptors (Lipinski definition) is 6. The lowest BCUT2D eigenvalue weighted by Crippen LogP contribution is -2.28. The highest BCUT2D eigenvalue weighted by molar-refractivity contribution is 9.10. The smallest absolute Gasteiger partial charge is 0.264 e. The number of nitrogens with zero attached hydrogens (tertiary/aromatic N) is 6. The molecule has 0 aliphatic heterocycles. The van der Waals surface area contributed by atoms with Crippen molar-refractivity contribution in [2.45, 2.75) is 13.1 Å². The second-order valence-corrected chi connectivity index (χ2v) is 7.81. The molecule has 0 aliphatic carbocycles. The third kappa shape index (κ3) is 4.36. The third-order valence-electron chi connectivity index (χ3n) is 4.73. The van der Waals surface area contributed by atoms with Crippen molar-refractivity contribution in [1.82, 2.24) is 34.4 Å². The summed E-state index contributed by atoms with van der Waals surface area (Å²) in [6, 6.07) is 7.76. The van der Waals surface area contributed by atoms with Crippen LogP contribution in [-0.2, 0) is 20.1 Å². The second kappa shape index (κ2) is 8.72. The summed E-state index contributed by atoms with van der Waals surface area (Å²) in [6.07, 6.45) is 4.62. The lowest BCUT2D eigenvalue weighted by atomic mass is 10.2. The Morgan fingerprint density at radius 3 is 2.77 bits per heavy atom. The summed E-state index contributed by atoms with van der Waals surface area (Å²) in [6.45, 7) is 1.08. The number of nitrogens with one attached hydrogen (secondary N) is 1. The van der Waals surface area contributed by atoms with Gasteiger partial charge >= 0.3 is 0 Å². The highest BCUT2D eigenvalue weighted by Crippen LogP contribution is 2.14. The van der Waals surface area contributed by atoms with E-state index in [0.717, 1.165) is 10.0 Å². The number of carbonyl (C=O) groups is 1. The average molecular weight is 486 g/mol. The molecular weight excluding hydrogens is 466 g/mol. The van der Waals surface area contributed by atoms with Crippen LogP contribution in [0, 0.1) is 0 Å². The molecule has 31 heavy (non-hydrogen) atoms. The molecule has 0 saturated heterocycles. The van der Waals surface area contributed by atoms with Gasteiger partial charge in [0.1, 0.15) is 17.3 Å². The number of halogens is 1. The Bertz CT molecular complexity index is 1290. The zero-order valence-electron chi connectivity index (χ0n) is 16.9. The van der Waals surface area contributed by atoms with Crippen LogP contribution in [0.15, 0.2) is 52.3 Å². The quantitative estimate of drug-likeness (QED) is 0.425. The van der Waals surface area contributed by atoms with Gasteiger partial charge in [-0.25, -0.2) is 9.67 Å². The van der Waals surface area contributed by atoms with Crippen molar-refractivity contribution in [1.29, 1.82) is 0 Å². The minimum atomic E-state index is -0.300. The maximum absolute atomic E-state index is 12.8. The number of aryl methyl sites for hydroxylation is 1. The van der Waals surface area contributed by atoms with Crippen molar-refractivity contribution in [3.63, 3.8) is 0 Å². The van der Waals surface area contributed by atoms with Gasteiger partial charge in [-0.2, -0.15) is 5.10 Å². The Morgan fingerprint density at radius 1 is 1.26 bits per heavy atom. The maximum Gasteiger partial charge on any atom is 0.264 e. The van der Waals surface area contributed by atoms with Gasteiger partial charge in [0.2, 0.25) is 5.88 Å². The first-order valence-corrected chi connectivity index (χ1v) is 10.3. The van der Waals surface area contributed by atoms with Crippen LogP contribution in [0.5, 0.6) is 5.88 Å². The van der Waals surface area contributed by atoms with E-state index in [4.69, 9.17) is 4.74 Å². The summed E-state index contributed by atoms with van der Waals surface area (Å²) in [7, 11) is 3.18. The number of amides is 1. The first-order valence-electron chi connectivity index (χ1n) is 9.47. The fourth-order valence-corrected chi connectivity index (χ4v) is 3.47. The number of ether oxygens (including phenoxy) is 1. The van der Waals surface area contributed by atoms with E-state index < -0.39 is 0 Å². The fraction of sp³-hybridized carbons (Fsp3) is 0.250. The molecule has 4 rings (SSSR count). The Balaban J connectivity index is 1.45.